The molecule has 190 valence electrons. The fourth-order valence-electron chi connectivity index (χ4n) is 3.01. The van der Waals surface area contributed by atoms with E-state index in [0.717, 1.165) is 22.8 Å². The number of benzene rings is 2. The van der Waals surface area contributed by atoms with Crippen LogP contribution in [0.3, 0.4) is 0 Å². The number of hydrazine groups is 1. The van der Waals surface area contributed by atoms with Crippen LogP contribution in [0.4, 0.5) is 18.9 Å². The maximum atomic E-state index is 12.9. The van der Waals surface area contributed by atoms with Crippen molar-refractivity contribution in [3.05, 3.63) is 89.4 Å². The molecule has 1 N–H and O–H groups in total. The van der Waals surface area contributed by atoms with Gasteiger partial charge in [-0.3, -0.25) is 25.1 Å². The topological polar surface area (TPSA) is 102 Å². The number of thiocarbonyl (C=S) groups is 1. The molecule has 0 saturated carbocycles. The number of halogens is 4. The molecule has 0 radical (unpaired) electrons. The van der Waals surface area contributed by atoms with Crippen molar-refractivity contribution in [3.63, 3.8) is 0 Å². The number of rotatable bonds is 6. The lowest BCUT2D eigenvalue weighted by Gasteiger charge is -2.14. The summed E-state index contributed by atoms with van der Waals surface area (Å²) in [7, 11) is 0. The highest BCUT2D eigenvalue weighted by Gasteiger charge is 2.35. The van der Waals surface area contributed by atoms with E-state index < -0.39 is 34.2 Å². The van der Waals surface area contributed by atoms with Gasteiger partial charge in [0.05, 0.1) is 24.7 Å². The van der Waals surface area contributed by atoms with Gasteiger partial charge in [-0.15, -0.1) is 11.3 Å². The van der Waals surface area contributed by atoms with Crippen molar-refractivity contribution in [2.45, 2.75) is 6.18 Å². The van der Waals surface area contributed by atoms with Gasteiger partial charge in [-0.05, 0) is 75.5 Å². The van der Waals surface area contributed by atoms with Gasteiger partial charge < -0.3 is 4.74 Å². The van der Waals surface area contributed by atoms with Crippen LogP contribution in [-0.4, -0.2) is 26.1 Å². The lowest BCUT2D eigenvalue weighted by atomic mass is 10.1. The maximum absolute atomic E-state index is 12.9. The molecule has 1 fully saturated rings. The van der Waals surface area contributed by atoms with Crippen molar-refractivity contribution < 1.29 is 32.4 Å². The first kappa shape index (κ1) is 26.8. The van der Waals surface area contributed by atoms with Gasteiger partial charge in [-0.1, -0.05) is 23.9 Å². The van der Waals surface area contributed by atoms with E-state index >= 15 is 0 Å². The van der Waals surface area contributed by atoms with E-state index in [4.69, 9.17) is 17.0 Å². The average Bonchev–Trinajstić information content (AvgIpc) is 3.45. The van der Waals surface area contributed by atoms with Crippen molar-refractivity contribution in [2.24, 2.45) is 0 Å². The summed E-state index contributed by atoms with van der Waals surface area (Å²) in [5, 5.41) is 14.0. The van der Waals surface area contributed by atoms with E-state index in [9.17, 15) is 32.9 Å². The van der Waals surface area contributed by atoms with Gasteiger partial charge in [0, 0.05) is 6.07 Å². The number of nitrogens with zero attached hydrogens (tertiary/aromatic N) is 2. The van der Waals surface area contributed by atoms with Crippen LogP contribution in [0.15, 0.2) is 63.3 Å². The van der Waals surface area contributed by atoms with Gasteiger partial charge in [0.25, 0.3) is 11.8 Å². The molecule has 0 aliphatic carbocycles. The van der Waals surface area contributed by atoms with Crippen molar-refractivity contribution in [2.75, 3.05) is 0 Å². The minimum atomic E-state index is -4.75. The van der Waals surface area contributed by atoms with Crippen LogP contribution in [-0.2, 0) is 11.0 Å². The summed E-state index contributed by atoms with van der Waals surface area (Å²) >= 11 is 10.7. The third-order valence-electron chi connectivity index (χ3n) is 4.71. The summed E-state index contributed by atoms with van der Waals surface area (Å²) in [6.07, 6.45) is -3.23. The highest BCUT2D eigenvalue weighted by atomic mass is 79.9. The highest BCUT2D eigenvalue weighted by molar-refractivity contribution is 9.10. The van der Waals surface area contributed by atoms with Crippen molar-refractivity contribution >= 4 is 79.1 Å². The van der Waals surface area contributed by atoms with E-state index in [1.165, 1.54) is 29.5 Å². The fourth-order valence-corrected chi connectivity index (χ4v) is 5.28. The zero-order valence-electron chi connectivity index (χ0n) is 17.9. The lowest BCUT2D eigenvalue weighted by molar-refractivity contribution is -0.385. The number of carbonyl (C=O) groups excluding carboxylic acids is 2. The number of alkyl halides is 3. The Kier molecular flexibility index (Phi) is 7.68. The van der Waals surface area contributed by atoms with Crippen molar-refractivity contribution in [1.82, 2.24) is 10.4 Å². The standard InChI is InChI=1S/C22H11BrF3N3O5S3/c23-13-8-11(9-18-20(31)28(21(35)37-18)27-19(30)17-2-1-7-36-17)3-5-15(13)34-16-6-4-12(22(24,25)26)10-14(16)29(32)33/h1-10H,(H,27,30)/b18-9+. The lowest BCUT2D eigenvalue weighted by Crippen LogP contribution is -2.44. The Hall–Kier alpha value is -3.27. The van der Waals surface area contributed by atoms with Crippen LogP contribution >= 0.6 is 51.2 Å². The number of thioether (sulfide) groups is 1. The number of nitro benzene ring substituents is 1. The smallest absolute Gasteiger partial charge is 0.416 e. The average molecular weight is 630 g/mol. The molecular weight excluding hydrogens is 619 g/mol. The van der Waals surface area contributed by atoms with Crippen LogP contribution in [0.1, 0.15) is 20.8 Å². The molecule has 3 aromatic rings. The Labute approximate surface area is 228 Å². The van der Waals surface area contributed by atoms with E-state index in [-0.39, 0.29) is 20.7 Å². The molecule has 15 heteroatoms. The van der Waals surface area contributed by atoms with Crippen LogP contribution in [0, 0.1) is 10.1 Å². The fraction of sp³-hybridized carbons (Fsp3) is 0.0455. The van der Waals surface area contributed by atoms with Gasteiger partial charge >= 0.3 is 11.9 Å². The predicted octanol–water partition coefficient (Wildman–Crippen LogP) is 6.78. The number of ether oxygens (including phenoxy) is 1. The Morgan fingerprint density at radius 1 is 1.19 bits per heavy atom. The minimum absolute atomic E-state index is 0.0933. The molecule has 0 spiro atoms. The number of thiophene rings is 1. The molecule has 0 atom stereocenters. The molecule has 2 aromatic carbocycles. The molecule has 8 nitrogen and oxygen atoms in total. The normalized spacial score (nSPS) is 14.8. The number of hydrogen-bond donors (Lipinski definition) is 1. The second-order valence-electron chi connectivity index (χ2n) is 7.16. The molecule has 0 bridgehead atoms. The summed E-state index contributed by atoms with van der Waals surface area (Å²) in [5.41, 5.74) is 0.965. The summed E-state index contributed by atoms with van der Waals surface area (Å²) in [5.74, 6) is -1.30. The van der Waals surface area contributed by atoms with Crippen molar-refractivity contribution in [3.8, 4) is 11.5 Å². The molecule has 2 amide bonds. The molecule has 1 aliphatic heterocycles. The summed E-state index contributed by atoms with van der Waals surface area (Å²) in [6.45, 7) is 0. The summed E-state index contributed by atoms with van der Waals surface area (Å²) in [4.78, 5) is 36.0. The zero-order chi connectivity index (χ0) is 26.9. The number of hydrogen-bond acceptors (Lipinski definition) is 8. The van der Waals surface area contributed by atoms with Crippen LogP contribution < -0.4 is 10.2 Å². The van der Waals surface area contributed by atoms with Crippen LogP contribution in [0.2, 0.25) is 0 Å². The quantitative estimate of drug-likeness (QED) is 0.139. The molecule has 2 heterocycles. The predicted molar refractivity (Wildman–Crippen MR) is 139 cm³/mol. The number of nitrogens with one attached hydrogen (secondary N) is 1. The maximum Gasteiger partial charge on any atom is 0.416 e. The molecule has 37 heavy (non-hydrogen) atoms. The Balaban J connectivity index is 1.53. The second kappa shape index (κ2) is 10.6. The molecular formula is C22H11BrF3N3O5S3. The Morgan fingerprint density at radius 2 is 1.92 bits per heavy atom. The largest absolute Gasteiger partial charge is 0.449 e. The Bertz CT molecular complexity index is 1460. The SMILES string of the molecule is O=C(NN1C(=O)/C(=C\c2ccc(Oc3ccc(C(F)(F)F)cc3[N+](=O)[O-])c(Br)c2)SC1=S)c1cccs1. The van der Waals surface area contributed by atoms with E-state index in [1.54, 1.807) is 23.6 Å². The molecule has 1 aromatic heterocycles. The Morgan fingerprint density at radius 3 is 2.54 bits per heavy atom. The minimum Gasteiger partial charge on any atom is -0.449 e. The van der Waals surface area contributed by atoms with Crippen LogP contribution in [0.5, 0.6) is 11.5 Å². The monoisotopic (exact) mass is 629 g/mol. The number of nitro groups is 1. The van der Waals surface area contributed by atoms with Gasteiger partial charge in [0.15, 0.2) is 4.32 Å². The first-order chi connectivity index (χ1) is 17.4. The number of carbonyl (C=O) groups is 2. The molecule has 1 aliphatic rings. The summed E-state index contributed by atoms with van der Waals surface area (Å²) < 4.78 is 44.8. The first-order valence-electron chi connectivity index (χ1n) is 9.89. The van der Waals surface area contributed by atoms with Gasteiger partial charge in [0.2, 0.25) is 5.75 Å². The molecule has 0 unspecified atom stereocenters. The molecule has 1 saturated heterocycles. The van der Waals surface area contributed by atoms with Crippen LogP contribution in [0.25, 0.3) is 6.08 Å². The highest BCUT2D eigenvalue weighted by Crippen LogP contribution is 2.40. The van der Waals surface area contributed by atoms with E-state index in [0.29, 0.717) is 27.0 Å². The first-order valence-corrected chi connectivity index (χ1v) is 12.8. The van der Waals surface area contributed by atoms with Gasteiger partial charge in [-0.2, -0.15) is 18.2 Å². The number of amides is 2. The van der Waals surface area contributed by atoms with Gasteiger partial charge in [0.1, 0.15) is 5.75 Å². The van der Waals surface area contributed by atoms with Crippen molar-refractivity contribution in [1.29, 1.82) is 0 Å². The zero-order valence-corrected chi connectivity index (χ0v) is 22.0. The van der Waals surface area contributed by atoms with Gasteiger partial charge in [-0.25, -0.2) is 0 Å². The second-order valence-corrected chi connectivity index (χ2v) is 10.6. The van der Waals surface area contributed by atoms with E-state index in [1.807, 2.05) is 0 Å². The molecule has 4 rings (SSSR count). The third kappa shape index (κ3) is 6.01. The third-order valence-corrected chi connectivity index (χ3v) is 7.50. The summed E-state index contributed by atoms with van der Waals surface area (Å²) in [6, 6.07) is 9.77. The van der Waals surface area contributed by atoms with E-state index in [2.05, 4.69) is 21.4 Å².